The van der Waals surface area contributed by atoms with Crippen LogP contribution in [0.15, 0.2) is 23.2 Å². The van der Waals surface area contributed by atoms with E-state index in [1.165, 1.54) is 6.20 Å². The van der Waals surface area contributed by atoms with Crippen LogP contribution in [-0.4, -0.2) is 37.3 Å². The summed E-state index contributed by atoms with van der Waals surface area (Å²) in [7, 11) is -1.68. The van der Waals surface area contributed by atoms with Crippen molar-refractivity contribution in [2.75, 3.05) is 18.9 Å². The first kappa shape index (κ1) is 14.3. The van der Waals surface area contributed by atoms with E-state index in [-0.39, 0.29) is 6.04 Å². The van der Waals surface area contributed by atoms with Crippen molar-refractivity contribution in [1.29, 1.82) is 0 Å². The molecule has 1 aliphatic carbocycles. The molecule has 1 saturated carbocycles. The lowest BCUT2D eigenvalue weighted by molar-refractivity contribution is 0.335. The van der Waals surface area contributed by atoms with Gasteiger partial charge in [-0.15, -0.1) is 0 Å². The summed E-state index contributed by atoms with van der Waals surface area (Å²) in [6.45, 7) is 2.42. The van der Waals surface area contributed by atoms with Crippen LogP contribution in [-0.2, 0) is 10.0 Å². The van der Waals surface area contributed by atoms with Gasteiger partial charge in [-0.1, -0.05) is 19.8 Å². The van der Waals surface area contributed by atoms with Gasteiger partial charge < -0.3 is 5.32 Å². The first-order valence-corrected chi connectivity index (χ1v) is 8.19. The molecule has 106 valence electrons. The molecule has 1 aliphatic rings. The molecule has 0 saturated heterocycles. The highest BCUT2D eigenvalue weighted by Crippen LogP contribution is 2.28. The van der Waals surface area contributed by atoms with Crippen molar-refractivity contribution in [3.63, 3.8) is 0 Å². The molecule has 2 rings (SSSR count). The molecule has 0 unspecified atom stereocenters. The Kier molecular flexibility index (Phi) is 4.42. The molecule has 0 spiro atoms. The highest BCUT2D eigenvalue weighted by atomic mass is 32.2. The maximum absolute atomic E-state index is 12.7. The quantitative estimate of drug-likeness (QED) is 0.898. The molecule has 0 radical (unpaired) electrons. The van der Waals surface area contributed by atoms with Crippen LogP contribution in [0.2, 0.25) is 0 Å². The number of rotatable bonds is 5. The van der Waals surface area contributed by atoms with Gasteiger partial charge in [0, 0.05) is 31.9 Å². The zero-order valence-electron chi connectivity index (χ0n) is 11.5. The third kappa shape index (κ3) is 2.90. The van der Waals surface area contributed by atoms with E-state index in [1.807, 2.05) is 6.92 Å². The minimum atomic E-state index is -3.41. The van der Waals surface area contributed by atoms with Crippen molar-refractivity contribution < 1.29 is 8.42 Å². The van der Waals surface area contributed by atoms with Gasteiger partial charge in [0.2, 0.25) is 10.0 Å². The van der Waals surface area contributed by atoms with Crippen molar-refractivity contribution in [2.45, 2.75) is 43.5 Å². The molecule has 1 N–H and O–H groups in total. The van der Waals surface area contributed by atoms with E-state index in [0.29, 0.717) is 17.3 Å². The molecule has 19 heavy (non-hydrogen) atoms. The normalized spacial score (nSPS) is 17.0. The second-order valence-electron chi connectivity index (χ2n) is 4.77. The lowest BCUT2D eigenvalue weighted by atomic mass is 10.2. The van der Waals surface area contributed by atoms with Crippen LogP contribution >= 0.6 is 0 Å². The van der Waals surface area contributed by atoms with Crippen LogP contribution in [0.3, 0.4) is 0 Å². The maximum Gasteiger partial charge on any atom is 0.243 e. The van der Waals surface area contributed by atoms with Gasteiger partial charge in [-0.05, 0) is 18.9 Å². The molecule has 1 aromatic rings. The van der Waals surface area contributed by atoms with Crippen LogP contribution in [0.5, 0.6) is 0 Å². The fourth-order valence-corrected chi connectivity index (χ4v) is 4.37. The van der Waals surface area contributed by atoms with E-state index in [4.69, 9.17) is 0 Å². The van der Waals surface area contributed by atoms with E-state index in [9.17, 15) is 8.42 Å². The Labute approximate surface area is 115 Å². The molecule has 1 aromatic heterocycles. The van der Waals surface area contributed by atoms with Crippen molar-refractivity contribution >= 4 is 15.8 Å². The largest absolute Gasteiger partial charge is 0.373 e. The van der Waals surface area contributed by atoms with Crippen molar-refractivity contribution in [3.05, 3.63) is 18.3 Å². The van der Waals surface area contributed by atoms with Crippen molar-refractivity contribution in [2.24, 2.45) is 0 Å². The Bertz CT molecular complexity index is 524. The highest BCUT2D eigenvalue weighted by Gasteiger charge is 2.32. The topological polar surface area (TPSA) is 62.3 Å². The van der Waals surface area contributed by atoms with Crippen LogP contribution < -0.4 is 5.32 Å². The Morgan fingerprint density at radius 2 is 2.11 bits per heavy atom. The number of nitrogens with one attached hydrogen (secondary N) is 1. The van der Waals surface area contributed by atoms with Gasteiger partial charge in [0.05, 0.1) is 4.90 Å². The summed E-state index contributed by atoms with van der Waals surface area (Å²) in [5.74, 6) is 0.573. The molecule has 0 bridgehead atoms. The standard InChI is InChI=1S/C13H21N3O2S/c1-3-16(11-6-4-5-7-11)19(17,18)12-8-9-15-13(10-12)14-2/h8-11H,3-7H2,1-2H3,(H,14,15). The average molecular weight is 283 g/mol. The van der Waals surface area contributed by atoms with E-state index in [0.717, 1.165) is 25.7 Å². The van der Waals surface area contributed by atoms with E-state index < -0.39 is 10.0 Å². The number of sulfonamides is 1. The molecule has 0 amide bonds. The van der Waals surface area contributed by atoms with Gasteiger partial charge in [0.15, 0.2) is 0 Å². The van der Waals surface area contributed by atoms with Gasteiger partial charge >= 0.3 is 0 Å². The summed E-state index contributed by atoms with van der Waals surface area (Å²) in [4.78, 5) is 4.38. The van der Waals surface area contributed by atoms with Crippen LogP contribution in [0.1, 0.15) is 32.6 Å². The minimum Gasteiger partial charge on any atom is -0.373 e. The summed E-state index contributed by atoms with van der Waals surface area (Å²) in [6.07, 6.45) is 5.71. The number of nitrogens with zero attached hydrogens (tertiary/aromatic N) is 2. The summed E-state index contributed by atoms with van der Waals surface area (Å²) in [6, 6.07) is 3.31. The molecule has 1 fully saturated rings. The smallest absolute Gasteiger partial charge is 0.243 e. The zero-order valence-corrected chi connectivity index (χ0v) is 12.3. The van der Waals surface area contributed by atoms with E-state index >= 15 is 0 Å². The maximum atomic E-state index is 12.7. The molecule has 0 aromatic carbocycles. The van der Waals surface area contributed by atoms with Gasteiger partial charge in [0.25, 0.3) is 0 Å². The summed E-state index contributed by atoms with van der Waals surface area (Å²) < 4.78 is 27.0. The fourth-order valence-electron chi connectivity index (χ4n) is 2.66. The molecule has 6 heteroatoms. The summed E-state index contributed by atoms with van der Waals surface area (Å²) in [5.41, 5.74) is 0. The van der Waals surface area contributed by atoms with E-state index in [1.54, 1.807) is 23.5 Å². The lowest BCUT2D eigenvalue weighted by Crippen LogP contribution is -2.38. The molecular weight excluding hydrogens is 262 g/mol. The van der Waals surface area contributed by atoms with Gasteiger partial charge in [-0.25, -0.2) is 13.4 Å². The van der Waals surface area contributed by atoms with Crippen LogP contribution in [0.25, 0.3) is 0 Å². The SMILES string of the molecule is CCN(C1CCCC1)S(=O)(=O)c1ccnc(NC)c1. The first-order valence-electron chi connectivity index (χ1n) is 6.75. The van der Waals surface area contributed by atoms with Crippen LogP contribution in [0, 0.1) is 0 Å². The molecule has 5 nitrogen and oxygen atoms in total. The number of hydrogen-bond acceptors (Lipinski definition) is 4. The second-order valence-corrected chi connectivity index (χ2v) is 6.66. The lowest BCUT2D eigenvalue weighted by Gasteiger charge is -2.26. The van der Waals surface area contributed by atoms with Gasteiger partial charge in [-0.3, -0.25) is 0 Å². The Morgan fingerprint density at radius 1 is 1.42 bits per heavy atom. The molecule has 0 aliphatic heterocycles. The molecule has 0 atom stereocenters. The Balaban J connectivity index is 2.33. The molecular formula is C13H21N3O2S. The van der Waals surface area contributed by atoms with Crippen LogP contribution in [0.4, 0.5) is 5.82 Å². The minimum absolute atomic E-state index is 0.154. The Morgan fingerprint density at radius 3 is 2.68 bits per heavy atom. The monoisotopic (exact) mass is 283 g/mol. The predicted molar refractivity (Wildman–Crippen MR) is 75.6 cm³/mol. The third-order valence-corrected chi connectivity index (χ3v) is 5.66. The number of hydrogen-bond donors (Lipinski definition) is 1. The summed E-state index contributed by atoms with van der Waals surface area (Å²) in [5, 5.41) is 2.87. The fraction of sp³-hybridized carbons (Fsp3) is 0.615. The van der Waals surface area contributed by atoms with Crippen molar-refractivity contribution in [3.8, 4) is 0 Å². The van der Waals surface area contributed by atoms with Gasteiger partial charge in [0.1, 0.15) is 5.82 Å². The zero-order chi connectivity index (χ0) is 13.9. The number of anilines is 1. The first-order chi connectivity index (χ1) is 9.09. The highest BCUT2D eigenvalue weighted by molar-refractivity contribution is 7.89. The third-order valence-electron chi connectivity index (χ3n) is 3.64. The van der Waals surface area contributed by atoms with Crippen molar-refractivity contribution in [1.82, 2.24) is 9.29 Å². The molecule has 1 heterocycles. The predicted octanol–water partition coefficient (Wildman–Crippen LogP) is 2.08. The number of aromatic nitrogens is 1. The van der Waals surface area contributed by atoms with E-state index in [2.05, 4.69) is 10.3 Å². The Hall–Kier alpha value is -1.14. The number of pyridine rings is 1. The van der Waals surface area contributed by atoms with Gasteiger partial charge in [-0.2, -0.15) is 4.31 Å². The second kappa shape index (κ2) is 5.88. The average Bonchev–Trinajstić information content (AvgIpc) is 2.93. The summed E-state index contributed by atoms with van der Waals surface area (Å²) >= 11 is 0.